The second kappa shape index (κ2) is 36.9. The van der Waals surface area contributed by atoms with Gasteiger partial charge >= 0.3 is 51.0 Å². The Kier molecular flexibility index (Phi) is 55.3. The van der Waals surface area contributed by atoms with Crippen molar-refractivity contribution in [2.75, 3.05) is 0 Å². The van der Waals surface area contributed by atoms with Gasteiger partial charge in [0.2, 0.25) is 0 Å². The van der Waals surface area contributed by atoms with Crippen LogP contribution in [0, 0.1) is 20.0 Å². The molecule has 0 rings (SSSR count). The number of aliphatic hydroxyl groups is 1. The molecule has 0 amide bonds. The fraction of sp³-hybridized carbons (Fsp3) is 0.733. The predicted molar refractivity (Wildman–Crippen MR) is 72.0 cm³/mol. The molecule has 0 bridgehead atoms. The summed E-state index contributed by atoms with van der Waals surface area (Å²) in [5, 5.41) is 9.09. The normalized spacial score (nSPS) is 10.2. The number of aliphatic hydroxyl groups excluding tert-OH is 1. The summed E-state index contributed by atoms with van der Waals surface area (Å²) in [5.41, 5.74) is 0. The van der Waals surface area contributed by atoms with Crippen molar-refractivity contribution in [1.82, 2.24) is 0 Å². The standard InChI is InChI=1S/C12H23O3.3CO.Fe/c1-3-4-5-8-12(15-10-13)9-6-7-11(2)14;3*1-2;/h11-12,14H,3-9H2,1-2H3;;;;/q-1;;;;+2/t11-,12+;;;;/m0..../s1. The van der Waals surface area contributed by atoms with Gasteiger partial charge in [-0.25, -0.2) is 0 Å². The van der Waals surface area contributed by atoms with E-state index in [1.54, 1.807) is 6.92 Å². The van der Waals surface area contributed by atoms with Crippen LogP contribution in [0.25, 0.3) is 0 Å². The molecule has 0 unspecified atom stereocenters. The van der Waals surface area contributed by atoms with Crippen molar-refractivity contribution >= 4 is 6.47 Å². The van der Waals surface area contributed by atoms with Gasteiger partial charge in [0.1, 0.15) is 0 Å². The first-order valence-electron chi connectivity index (χ1n) is 6.52. The molecule has 0 aliphatic carbocycles. The summed E-state index contributed by atoms with van der Waals surface area (Å²) < 4.78 is 27.4. The summed E-state index contributed by atoms with van der Waals surface area (Å²) in [4.78, 5) is 10.1. The van der Waals surface area contributed by atoms with Crippen LogP contribution < -0.4 is 0 Å². The van der Waals surface area contributed by atoms with E-state index in [1.165, 1.54) is 19.3 Å². The Hall–Kier alpha value is -0.831. The zero-order valence-electron chi connectivity index (χ0n) is 12.9. The Morgan fingerprint density at radius 1 is 1.00 bits per heavy atom. The van der Waals surface area contributed by atoms with Crippen LogP contribution in [-0.2, 0) is 40.6 Å². The van der Waals surface area contributed by atoms with Crippen LogP contribution in [0.2, 0.25) is 0 Å². The van der Waals surface area contributed by atoms with Crippen LogP contribution in [0.4, 0.5) is 0 Å². The first kappa shape index (κ1) is 32.9. The van der Waals surface area contributed by atoms with Crippen molar-refractivity contribution in [3.63, 3.8) is 0 Å². The smallest absolute Gasteiger partial charge is 2.00 e. The average Bonchev–Trinajstić information content (AvgIpc) is 2.53. The molecule has 22 heavy (non-hydrogen) atoms. The van der Waals surface area contributed by atoms with E-state index in [2.05, 4.69) is 26.9 Å². The number of ether oxygens (including phenoxy) is 1. The number of hydrogen-bond donors (Lipinski definition) is 1. The first-order chi connectivity index (χ1) is 10.2. The maximum Gasteiger partial charge on any atom is 2.00 e. The number of carbonyl (C=O) groups excluding carboxylic acids is 1. The zero-order valence-corrected chi connectivity index (χ0v) is 14.1. The molecule has 0 aromatic carbocycles. The molecular weight excluding hydrogens is 332 g/mol. The summed E-state index contributed by atoms with van der Waals surface area (Å²) in [6, 6.07) is 0. The molecule has 0 aromatic rings. The van der Waals surface area contributed by atoms with Gasteiger partial charge in [0.25, 0.3) is 0 Å². The van der Waals surface area contributed by atoms with Gasteiger partial charge < -0.3 is 14.6 Å². The SMILES string of the molecule is CCCCC[C@H](CCC[C@H](C)O)O[C-]=O.[C-]#[O+].[C-]#[O+].[C-]#[O+].[Fe+2]. The molecule has 0 heterocycles. The first-order valence-corrected chi connectivity index (χ1v) is 6.52. The van der Waals surface area contributed by atoms with Crippen LogP contribution in [0.3, 0.4) is 0 Å². The van der Waals surface area contributed by atoms with E-state index in [-0.39, 0.29) is 29.3 Å². The summed E-state index contributed by atoms with van der Waals surface area (Å²) in [5.74, 6) is 0. The van der Waals surface area contributed by atoms with Gasteiger partial charge in [-0.2, -0.15) is 0 Å². The van der Waals surface area contributed by atoms with Gasteiger partial charge in [-0.1, -0.05) is 26.2 Å². The molecule has 0 saturated heterocycles. The predicted octanol–water partition coefficient (Wildman–Crippen LogP) is 2.46. The molecule has 7 heteroatoms. The van der Waals surface area contributed by atoms with Crippen molar-refractivity contribution in [2.24, 2.45) is 0 Å². The molecule has 0 aliphatic rings. The van der Waals surface area contributed by atoms with E-state index in [0.717, 1.165) is 32.1 Å². The third kappa shape index (κ3) is 36.5. The minimum Gasteiger partial charge on any atom is 2.00 e. The maximum absolute atomic E-state index is 10.1. The van der Waals surface area contributed by atoms with E-state index >= 15 is 0 Å². The monoisotopic (exact) mass is 355 g/mol. The summed E-state index contributed by atoms with van der Waals surface area (Å²) >= 11 is 0. The van der Waals surface area contributed by atoms with Gasteiger partial charge in [0.05, 0.1) is 12.2 Å². The van der Waals surface area contributed by atoms with Crippen LogP contribution >= 0.6 is 0 Å². The molecule has 0 saturated carbocycles. The summed E-state index contributed by atoms with van der Waals surface area (Å²) in [6.07, 6.45) is 6.60. The average molecular weight is 355 g/mol. The minimum atomic E-state index is -0.262. The fourth-order valence-corrected chi connectivity index (χ4v) is 1.59. The van der Waals surface area contributed by atoms with Gasteiger partial charge in [-0.3, -0.25) is 0 Å². The van der Waals surface area contributed by atoms with Crippen molar-refractivity contribution in [3.05, 3.63) is 20.0 Å². The van der Waals surface area contributed by atoms with Crippen molar-refractivity contribution in [3.8, 4) is 0 Å². The van der Waals surface area contributed by atoms with E-state index in [0.29, 0.717) is 0 Å². The number of hydrogen-bond acceptors (Lipinski definition) is 3. The molecule has 0 spiro atoms. The van der Waals surface area contributed by atoms with Gasteiger partial charge in [-0.05, 0) is 39.0 Å². The second-order valence-electron chi connectivity index (χ2n) is 4.10. The molecule has 0 fully saturated rings. The number of unbranched alkanes of at least 4 members (excludes halogenated alkanes) is 2. The van der Waals surface area contributed by atoms with Crippen molar-refractivity contribution < 1.29 is 45.7 Å². The van der Waals surface area contributed by atoms with Gasteiger partial charge in [-0.15, -0.1) is 0 Å². The molecule has 126 valence electrons. The maximum atomic E-state index is 10.1. The quantitative estimate of drug-likeness (QED) is 0.281. The van der Waals surface area contributed by atoms with Crippen molar-refractivity contribution in [1.29, 1.82) is 0 Å². The summed E-state index contributed by atoms with van der Waals surface area (Å²) in [7, 11) is 0. The van der Waals surface area contributed by atoms with Crippen molar-refractivity contribution in [2.45, 2.75) is 71.0 Å². The van der Waals surface area contributed by atoms with Gasteiger partial charge in [0.15, 0.2) is 0 Å². The zero-order chi connectivity index (χ0) is 17.5. The Morgan fingerprint density at radius 2 is 1.45 bits per heavy atom. The van der Waals surface area contributed by atoms with E-state index in [1.807, 2.05) is 0 Å². The minimum absolute atomic E-state index is 0. The van der Waals surface area contributed by atoms with Crippen LogP contribution in [0.15, 0.2) is 0 Å². The topological polar surface area (TPSA) is 106 Å². The Balaban J connectivity index is -0.000000122. The Labute approximate surface area is 143 Å². The molecule has 0 radical (unpaired) electrons. The molecular formula is C15H23FeO6+. The van der Waals surface area contributed by atoms with Crippen LogP contribution in [0.5, 0.6) is 0 Å². The molecule has 6 nitrogen and oxygen atoms in total. The van der Waals surface area contributed by atoms with E-state index in [9.17, 15) is 4.79 Å². The number of rotatable bonds is 10. The van der Waals surface area contributed by atoms with E-state index in [4.69, 9.17) is 23.8 Å². The third-order valence-electron chi connectivity index (χ3n) is 2.49. The molecule has 0 aliphatic heterocycles. The van der Waals surface area contributed by atoms with Crippen LogP contribution in [-0.4, -0.2) is 23.8 Å². The summed E-state index contributed by atoms with van der Waals surface area (Å²) in [6.45, 7) is 18.9. The fourth-order valence-electron chi connectivity index (χ4n) is 1.59. The molecule has 0 aromatic heterocycles. The Morgan fingerprint density at radius 3 is 1.82 bits per heavy atom. The van der Waals surface area contributed by atoms with Crippen LogP contribution in [0.1, 0.15) is 58.8 Å². The van der Waals surface area contributed by atoms with E-state index < -0.39 is 0 Å². The second-order valence-corrected chi connectivity index (χ2v) is 4.10. The third-order valence-corrected chi connectivity index (χ3v) is 2.49. The largest absolute Gasteiger partial charge is 2.00 e. The van der Waals surface area contributed by atoms with Gasteiger partial charge in [0, 0.05) is 0 Å². The Bertz CT molecular complexity index is 236. The molecule has 2 atom stereocenters. The molecule has 1 N–H and O–H groups in total.